The third-order valence-electron chi connectivity index (χ3n) is 4.20. The molecule has 3 aromatic carbocycles. The topological polar surface area (TPSA) is 39.4 Å². The van der Waals surface area contributed by atoms with Gasteiger partial charge in [-0.1, -0.05) is 77.4 Å². The number of para-hydroxylation sites is 1. The Labute approximate surface area is 168 Å². The fraction of sp³-hybridized carbons (Fsp3) is 0.0435. The molecular formula is C23H18ClN3O. The third kappa shape index (κ3) is 4.30. The summed E-state index contributed by atoms with van der Waals surface area (Å²) in [6.45, 7) is 0.417. The van der Waals surface area contributed by atoms with Gasteiger partial charge in [-0.3, -0.25) is 0 Å². The van der Waals surface area contributed by atoms with Crippen LogP contribution in [0, 0.1) is 0 Å². The van der Waals surface area contributed by atoms with Gasteiger partial charge in [0.05, 0.1) is 17.6 Å². The Balaban J connectivity index is 1.60. The zero-order valence-corrected chi connectivity index (χ0v) is 15.8. The largest absolute Gasteiger partial charge is 0.391 e. The van der Waals surface area contributed by atoms with Gasteiger partial charge in [-0.15, -0.1) is 0 Å². The standard InChI is InChI=1S/C23H18ClN3O/c24-20-13-11-19(12-14-20)23-15-21(26-27(23)22-9-5-2-6-10-22)16-25-28-17-18-7-3-1-4-8-18/h1-16H,17H2/b25-16+. The van der Waals surface area contributed by atoms with Crippen LogP contribution in [0.15, 0.2) is 96.2 Å². The van der Waals surface area contributed by atoms with Gasteiger partial charge in [0, 0.05) is 10.6 Å². The molecule has 0 N–H and O–H groups in total. The van der Waals surface area contributed by atoms with E-state index < -0.39 is 0 Å². The minimum atomic E-state index is 0.417. The molecule has 0 spiro atoms. The van der Waals surface area contributed by atoms with Crippen LogP contribution in [0.1, 0.15) is 11.3 Å². The Morgan fingerprint density at radius 1 is 0.893 bits per heavy atom. The maximum Gasteiger partial charge on any atom is 0.142 e. The van der Waals surface area contributed by atoms with E-state index in [4.69, 9.17) is 16.4 Å². The maximum absolute atomic E-state index is 6.04. The molecule has 28 heavy (non-hydrogen) atoms. The molecule has 138 valence electrons. The normalized spacial score (nSPS) is 11.0. The molecule has 1 heterocycles. The van der Waals surface area contributed by atoms with Crippen LogP contribution in [-0.4, -0.2) is 16.0 Å². The molecule has 4 rings (SSSR count). The van der Waals surface area contributed by atoms with E-state index in [0.717, 1.165) is 22.5 Å². The van der Waals surface area contributed by atoms with Crippen molar-refractivity contribution >= 4 is 17.8 Å². The SMILES string of the molecule is Clc1ccc(-c2cc(/C=N/OCc3ccccc3)nn2-c2ccccc2)cc1. The van der Waals surface area contributed by atoms with Gasteiger partial charge < -0.3 is 4.84 Å². The summed E-state index contributed by atoms with van der Waals surface area (Å²) in [5.74, 6) is 0. The van der Waals surface area contributed by atoms with Crippen molar-refractivity contribution in [2.24, 2.45) is 5.16 Å². The molecule has 0 aliphatic rings. The first kappa shape index (κ1) is 18.0. The smallest absolute Gasteiger partial charge is 0.142 e. The van der Waals surface area contributed by atoms with Gasteiger partial charge in [0.25, 0.3) is 0 Å². The molecular weight excluding hydrogens is 370 g/mol. The number of halogens is 1. The van der Waals surface area contributed by atoms with E-state index >= 15 is 0 Å². The van der Waals surface area contributed by atoms with Crippen LogP contribution < -0.4 is 0 Å². The van der Waals surface area contributed by atoms with E-state index in [-0.39, 0.29) is 0 Å². The first-order valence-electron chi connectivity index (χ1n) is 8.90. The molecule has 0 bridgehead atoms. The van der Waals surface area contributed by atoms with Crippen molar-refractivity contribution in [1.82, 2.24) is 9.78 Å². The van der Waals surface area contributed by atoms with Crippen LogP contribution in [0.5, 0.6) is 0 Å². The molecule has 4 aromatic rings. The molecule has 4 nitrogen and oxygen atoms in total. The average molecular weight is 388 g/mol. The van der Waals surface area contributed by atoms with Crippen molar-refractivity contribution in [3.63, 3.8) is 0 Å². The predicted octanol–water partition coefficient (Wildman–Crippen LogP) is 5.74. The monoisotopic (exact) mass is 387 g/mol. The second-order valence-corrected chi connectivity index (χ2v) is 6.64. The van der Waals surface area contributed by atoms with E-state index in [1.165, 1.54) is 0 Å². The van der Waals surface area contributed by atoms with Gasteiger partial charge in [0.15, 0.2) is 0 Å². The van der Waals surface area contributed by atoms with Gasteiger partial charge in [0.2, 0.25) is 0 Å². The lowest BCUT2D eigenvalue weighted by molar-refractivity contribution is 0.132. The lowest BCUT2D eigenvalue weighted by Gasteiger charge is -2.07. The van der Waals surface area contributed by atoms with Gasteiger partial charge in [-0.05, 0) is 35.9 Å². The number of rotatable bonds is 6. The van der Waals surface area contributed by atoms with E-state index in [1.54, 1.807) is 6.21 Å². The van der Waals surface area contributed by atoms with Crippen LogP contribution in [0.3, 0.4) is 0 Å². The molecule has 0 saturated carbocycles. The zero-order valence-electron chi connectivity index (χ0n) is 15.1. The van der Waals surface area contributed by atoms with Crippen LogP contribution >= 0.6 is 11.6 Å². The minimum absolute atomic E-state index is 0.417. The van der Waals surface area contributed by atoms with Crippen LogP contribution in [0.4, 0.5) is 0 Å². The zero-order chi connectivity index (χ0) is 19.2. The van der Waals surface area contributed by atoms with E-state index in [9.17, 15) is 0 Å². The van der Waals surface area contributed by atoms with Crippen molar-refractivity contribution in [3.8, 4) is 16.9 Å². The highest BCUT2D eigenvalue weighted by atomic mass is 35.5. The lowest BCUT2D eigenvalue weighted by atomic mass is 10.1. The number of benzene rings is 3. The summed E-state index contributed by atoms with van der Waals surface area (Å²) in [6.07, 6.45) is 1.63. The predicted molar refractivity (Wildman–Crippen MR) is 113 cm³/mol. The first-order valence-corrected chi connectivity index (χ1v) is 9.28. The molecule has 0 amide bonds. The first-order chi connectivity index (χ1) is 13.8. The average Bonchev–Trinajstić information content (AvgIpc) is 3.17. The fourth-order valence-electron chi connectivity index (χ4n) is 2.83. The molecule has 0 unspecified atom stereocenters. The Bertz CT molecular complexity index is 1060. The number of oxime groups is 1. The van der Waals surface area contributed by atoms with E-state index in [2.05, 4.69) is 10.3 Å². The van der Waals surface area contributed by atoms with Crippen LogP contribution in [-0.2, 0) is 11.4 Å². The Morgan fingerprint density at radius 2 is 1.57 bits per heavy atom. The molecule has 1 aromatic heterocycles. The fourth-order valence-corrected chi connectivity index (χ4v) is 2.96. The molecule has 5 heteroatoms. The van der Waals surface area contributed by atoms with Crippen molar-refractivity contribution in [2.45, 2.75) is 6.61 Å². The number of nitrogens with zero attached hydrogens (tertiary/aromatic N) is 3. The highest BCUT2D eigenvalue weighted by Crippen LogP contribution is 2.25. The van der Waals surface area contributed by atoms with Gasteiger partial charge in [-0.25, -0.2) is 4.68 Å². The molecule has 0 atom stereocenters. The number of aromatic nitrogens is 2. The number of hydrogen-bond acceptors (Lipinski definition) is 3. The Hall–Kier alpha value is -3.37. The minimum Gasteiger partial charge on any atom is -0.391 e. The molecule has 0 aliphatic heterocycles. The quantitative estimate of drug-likeness (QED) is 0.312. The summed E-state index contributed by atoms with van der Waals surface area (Å²) in [5.41, 5.74) is 4.72. The van der Waals surface area contributed by atoms with Crippen molar-refractivity contribution in [3.05, 3.63) is 107 Å². The summed E-state index contributed by atoms with van der Waals surface area (Å²) < 4.78 is 1.89. The van der Waals surface area contributed by atoms with Crippen molar-refractivity contribution in [2.75, 3.05) is 0 Å². The second kappa shape index (κ2) is 8.55. The van der Waals surface area contributed by atoms with Crippen molar-refractivity contribution < 1.29 is 4.84 Å². The van der Waals surface area contributed by atoms with Crippen LogP contribution in [0.2, 0.25) is 5.02 Å². The molecule has 0 fully saturated rings. The molecule has 0 saturated heterocycles. The van der Waals surface area contributed by atoms with E-state index in [0.29, 0.717) is 17.3 Å². The maximum atomic E-state index is 6.04. The molecule has 0 aliphatic carbocycles. The Morgan fingerprint density at radius 3 is 2.29 bits per heavy atom. The van der Waals surface area contributed by atoms with Gasteiger partial charge in [0.1, 0.15) is 12.3 Å². The summed E-state index contributed by atoms with van der Waals surface area (Å²) in [5, 5.41) is 9.45. The van der Waals surface area contributed by atoms with Crippen molar-refractivity contribution in [1.29, 1.82) is 0 Å². The summed E-state index contributed by atoms with van der Waals surface area (Å²) in [7, 11) is 0. The summed E-state index contributed by atoms with van der Waals surface area (Å²) >= 11 is 6.04. The second-order valence-electron chi connectivity index (χ2n) is 6.20. The Kier molecular flexibility index (Phi) is 5.50. The number of hydrogen-bond donors (Lipinski definition) is 0. The van der Waals surface area contributed by atoms with Gasteiger partial charge in [-0.2, -0.15) is 5.10 Å². The molecule has 0 radical (unpaired) electrons. The lowest BCUT2D eigenvalue weighted by Crippen LogP contribution is -1.99. The highest BCUT2D eigenvalue weighted by molar-refractivity contribution is 6.30. The summed E-state index contributed by atoms with van der Waals surface area (Å²) in [6, 6.07) is 29.6. The van der Waals surface area contributed by atoms with Gasteiger partial charge >= 0.3 is 0 Å². The van der Waals surface area contributed by atoms with E-state index in [1.807, 2.05) is 95.7 Å². The summed E-state index contributed by atoms with van der Waals surface area (Å²) in [4.78, 5) is 5.40. The third-order valence-corrected chi connectivity index (χ3v) is 4.45. The van der Waals surface area contributed by atoms with Crippen LogP contribution in [0.25, 0.3) is 16.9 Å². The highest BCUT2D eigenvalue weighted by Gasteiger charge is 2.11.